The van der Waals surface area contributed by atoms with E-state index < -0.39 is 10.0 Å². The molecule has 0 unspecified atom stereocenters. The smallest absolute Gasteiger partial charge is 0.211 e. The van der Waals surface area contributed by atoms with Crippen molar-refractivity contribution in [3.8, 4) is 11.1 Å². The predicted octanol–water partition coefficient (Wildman–Crippen LogP) is 3.77. The third kappa shape index (κ3) is 3.26. The lowest BCUT2D eigenvalue weighted by Crippen LogP contribution is -2.33. The SMILES string of the molecule is Cc1c(N)cccc1-c1cccc2[nH]c(C3=CCN(S(C)(=O)=O)CC3)cc12. The minimum Gasteiger partial charge on any atom is -0.398 e. The lowest BCUT2D eigenvalue weighted by atomic mass is 9.96. The Morgan fingerprint density at radius 3 is 2.56 bits per heavy atom. The zero-order valence-electron chi connectivity index (χ0n) is 15.5. The van der Waals surface area contributed by atoms with Crippen LogP contribution < -0.4 is 5.73 Å². The molecule has 1 aromatic heterocycles. The van der Waals surface area contributed by atoms with Crippen molar-refractivity contribution in [1.82, 2.24) is 9.29 Å². The van der Waals surface area contributed by atoms with Gasteiger partial charge in [0.2, 0.25) is 10.0 Å². The van der Waals surface area contributed by atoms with Crippen molar-refractivity contribution in [2.45, 2.75) is 13.3 Å². The Balaban J connectivity index is 1.76. The van der Waals surface area contributed by atoms with Crippen LogP contribution in [0.4, 0.5) is 5.69 Å². The van der Waals surface area contributed by atoms with Gasteiger partial charge in [-0.25, -0.2) is 8.42 Å². The van der Waals surface area contributed by atoms with E-state index in [0.717, 1.165) is 44.5 Å². The first-order valence-corrected chi connectivity index (χ1v) is 10.8. The molecule has 0 saturated carbocycles. The average molecular weight is 382 g/mol. The minimum absolute atomic E-state index is 0.421. The predicted molar refractivity (Wildman–Crippen MR) is 112 cm³/mol. The standard InChI is InChI=1S/C21H23N3O2S/c1-14-16(5-3-7-19(14)22)17-6-4-8-20-18(17)13-21(23-20)15-9-11-24(12-10-15)27(2,25)26/h3-9,13,23H,10-12,22H2,1-2H3. The fourth-order valence-corrected chi connectivity index (χ4v) is 4.47. The lowest BCUT2D eigenvalue weighted by molar-refractivity contribution is 0.445. The Kier molecular flexibility index (Phi) is 4.32. The monoisotopic (exact) mass is 381 g/mol. The Hall–Kier alpha value is -2.57. The first kappa shape index (κ1) is 17.8. The summed E-state index contributed by atoms with van der Waals surface area (Å²) in [7, 11) is -3.14. The number of nitrogens with zero attached hydrogens (tertiary/aromatic N) is 1. The van der Waals surface area contributed by atoms with Crippen molar-refractivity contribution in [3.05, 3.63) is 59.8 Å². The Morgan fingerprint density at radius 1 is 1.11 bits per heavy atom. The van der Waals surface area contributed by atoms with Gasteiger partial charge in [-0.3, -0.25) is 0 Å². The van der Waals surface area contributed by atoms with E-state index in [2.05, 4.69) is 29.2 Å². The maximum atomic E-state index is 11.7. The third-order valence-electron chi connectivity index (χ3n) is 5.32. The molecule has 27 heavy (non-hydrogen) atoms. The molecule has 0 amide bonds. The van der Waals surface area contributed by atoms with Gasteiger partial charge in [0.15, 0.2) is 0 Å². The molecule has 0 spiro atoms. The number of hydrogen-bond acceptors (Lipinski definition) is 3. The van der Waals surface area contributed by atoms with E-state index in [4.69, 9.17) is 5.73 Å². The quantitative estimate of drug-likeness (QED) is 0.678. The summed E-state index contributed by atoms with van der Waals surface area (Å²) in [5.41, 5.74) is 13.5. The molecule has 5 nitrogen and oxygen atoms in total. The van der Waals surface area contributed by atoms with Gasteiger partial charge in [-0.05, 0) is 53.8 Å². The van der Waals surface area contributed by atoms with Crippen LogP contribution in [0.3, 0.4) is 0 Å². The zero-order chi connectivity index (χ0) is 19.2. The van der Waals surface area contributed by atoms with Crippen LogP contribution in [-0.2, 0) is 10.0 Å². The number of rotatable bonds is 3. The molecule has 0 saturated heterocycles. The third-order valence-corrected chi connectivity index (χ3v) is 6.59. The van der Waals surface area contributed by atoms with Crippen molar-refractivity contribution < 1.29 is 8.42 Å². The molecular formula is C21H23N3O2S. The van der Waals surface area contributed by atoms with E-state index in [1.54, 1.807) is 0 Å². The Morgan fingerprint density at radius 2 is 1.85 bits per heavy atom. The number of sulfonamides is 1. The second kappa shape index (κ2) is 6.55. The van der Waals surface area contributed by atoms with E-state index in [9.17, 15) is 8.42 Å². The van der Waals surface area contributed by atoms with Gasteiger partial charge in [-0.15, -0.1) is 0 Å². The number of nitrogen functional groups attached to an aromatic ring is 1. The Labute approximate surface area is 159 Å². The van der Waals surface area contributed by atoms with Gasteiger partial charge in [0.25, 0.3) is 0 Å². The van der Waals surface area contributed by atoms with Crippen LogP contribution in [0, 0.1) is 6.92 Å². The van der Waals surface area contributed by atoms with Gasteiger partial charge in [-0.1, -0.05) is 30.3 Å². The highest BCUT2D eigenvalue weighted by Gasteiger charge is 2.21. The molecule has 0 atom stereocenters. The van der Waals surface area contributed by atoms with E-state index in [1.807, 2.05) is 31.2 Å². The van der Waals surface area contributed by atoms with E-state index in [0.29, 0.717) is 19.5 Å². The normalized spacial score (nSPS) is 15.9. The van der Waals surface area contributed by atoms with Crippen LogP contribution >= 0.6 is 0 Å². The minimum atomic E-state index is -3.14. The fourth-order valence-electron chi connectivity index (χ4n) is 3.70. The Bertz CT molecular complexity index is 1160. The second-order valence-electron chi connectivity index (χ2n) is 7.07. The molecule has 0 bridgehead atoms. The largest absolute Gasteiger partial charge is 0.398 e. The average Bonchev–Trinajstić information content (AvgIpc) is 3.08. The summed E-state index contributed by atoms with van der Waals surface area (Å²) in [6, 6.07) is 14.4. The summed E-state index contributed by atoms with van der Waals surface area (Å²) in [4.78, 5) is 3.50. The van der Waals surface area contributed by atoms with Gasteiger partial charge >= 0.3 is 0 Å². The topological polar surface area (TPSA) is 79.2 Å². The van der Waals surface area contributed by atoms with E-state index >= 15 is 0 Å². The number of nitrogens with one attached hydrogen (secondary N) is 1. The van der Waals surface area contributed by atoms with Crippen molar-refractivity contribution in [1.29, 1.82) is 0 Å². The maximum Gasteiger partial charge on any atom is 0.211 e. The summed E-state index contributed by atoms with van der Waals surface area (Å²) in [6.45, 7) is 2.98. The molecule has 1 aliphatic heterocycles. The lowest BCUT2D eigenvalue weighted by Gasteiger charge is -2.23. The van der Waals surface area contributed by atoms with Gasteiger partial charge in [0, 0.05) is 35.4 Å². The summed E-state index contributed by atoms with van der Waals surface area (Å²) in [5, 5.41) is 1.15. The van der Waals surface area contributed by atoms with Gasteiger partial charge in [-0.2, -0.15) is 4.31 Å². The van der Waals surface area contributed by atoms with Crippen molar-refractivity contribution in [2.75, 3.05) is 25.1 Å². The molecule has 6 heteroatoms. The molecule has 0 fully saturated rings. The molecule has 3 aromatic rings. The number of anilines is 1. The van der Waals surface area contributed by atoms with Gasteiger partial charge < -0.3 is 10.7 Å². The van der Waals surface area contributed by atoms with Crippen molar-refractivity contribution in [3.63, 3.8) is 0 Å². The summed E-state index contributed by atoms with van der Waals surface area (Å²) in [5.74, 6) is 0. The zero-order valence-corrected chi connectivity index (χ0v) is 16.3. The maximum absolute atomic E-state index is 11.7. The number of aromatic nitrogens is 1. The van der Waals surface area contributed by atoms with Crippen molar-refractivity contribution >= 4 is 32.2 Å². The van der Waals surface area contributed by atoms with Crippen LogP contribution in [0.15, 0.2) is 48.5 Å². The van der Waals surface area contributed by atoms with Crippen molar-refractivity contribution in [2.24, 2.45) is 0 Å². The highest BCUT2D eigenvalue weighted by Crippen LogP contribution is 2.35. The summed E-state index contributed by atoms with van der Waals surface area (Å²) < 4.78 is 24.9. The number of fused-ring (bicyclic) bond motifs is 1. The first-order chi connectivity index (χ1) is 12.8. The van der Waals surface area contributed by atoms with Gasteiger partial charge in [0.1, 0.15) is 0 Å². The van der Waals surface area contributed by atoms with Crippen LogP contribution in [0.25, 0.3) is 27.6 Å². The summed E-state index contributed by atoms with van der Waals surface area (Å²) in [6.07, 6.45) is 3.96. The second-order valence-corrected chi connectivity index (χ2v) is 9.05. The first-order valence-electron chi connectivity index (χ1n) is 8.96. The number of hydrogen-bond donors (Lipinski definition) is 2. The number of benzene rings is 2. The molecule has 1 aliphatic rings. The molecule has 3 N–H and O–H groups in total. The van der Waals surface area contributed by atoms with Gasteiger partial charge in [0.05, 0.1) is 6.26 Å². The molecule has 2 aromatic carbocycles. The summed E-state index contributed by atoms with van der Waals surface area (Å²) >= 11 is 0. The number of H-pyrrole nitrogens is 1. The number of aromatic amines is 1. The molecule has 2 heterocycles. The molecule has 0 radical (unpaired) electrons. The molecule has 140 valence electrons. The van der Waals surface area contributed by atoms with E-state index in [1.165, 1.54) is 10.6 Å². The molecular weight excluding hydrogens is 358 g/mol. The fraction of sp³-hybridized carbons (Fsp3) is 0.238. The van der Waals surface area contributed by atoms with E-state index in [-0.39, 0.29) is 0 Å². The number of nitrogens with two attached hydrogens (primary N) is 1. The molecule has 4 rings (SSSR count). The highest BCUT2D eigenvalue weighted by molar-refractivity contribution is 7.88. The molecule has 0 aliphatic carbocycles. The van der Waals surface area contributed by atoms with Crippen LogP contribution in [0.1, 0.15) is 17.7 Å². The van der Waals surface area contributed by atoms with Crippen LogP contribution in [0.5, 0.6) is 0 Å². The van der Waals surface area contributed by atoms with Crippen LogP contribution in [-0.4, -0.2) is 37.1 Å². The highest BCUT2D eigenvalue weighted by atomic mass is 32.2. The van der Waals surface area contributed by atoms with Crippen LogP contribution in [0.2, 0.25) is 0 Å².